The van der Waals surface area contributed by atoms with Crippen LogP contribution in [0.25, 0.3) is 0 Å². The second-order valence-corrected chi connectivity index (χ2v) is 4.45. The lowest BCUT2D eigenvalue weighted by Gasteiger charge is -2.16. The molecule has 0 saturated heterocycles. The first-order valence-corrected chi connectivity index (χ1v) is 5.62. The van der Waals surface area contributed by atoms with E-state index in [9.17, 15) is 0 Å². The lowest BCUT2D eigenvalue weighted by atomic mass is 10.1. The monoisotopic (exact) mass is 205 g/mol. The highest BCUT2D eigenvalue weighted by atomic mass is 16.5. The molecule has 0 heterocycles. The van der Waals surface area contributed by atoms with E-state index in [1.165, 1.54) is 24.1 Å². The molecule has 0 unspecified atom stereocenters. The number of hydrogen-bond donors (Lipinski definition) is 1. The lowest BCUT2D eigenvalue weighted by molar-refractivity contribution is 0.414. The zero-order chi connectivity index (χ0) is 10.8. The first-order valence-electron chi connectivity index (χ1n) is 5.62. The third-order valence-electron chi connectivity index (χ3n) is 3.15. The van der Waals surface area contributed by atoms with Crippen LogP contribution in [0.1, 0.15) is 25.3 Å². The summed E-state index contributed by atoms with van der Waals surface area (Å²) in [6.07, 6.45) is 2.76. The number of nitrogens with one attached hydrogen (secondary N) is 1. The molecule has 1 aromatic rings. The van der Waals surface area contributed by atoms with Crippen LogP contribution in [0.4, 0.5) is 5.69 Å². The van der Waals surface area contributed by atoms with Gasteiger partial charge in [-0.05, 0) is 56.4 Å². The Bertz CT molecular complexity index is 344. The van der Waals surface area contributed by atoms with Gasteiger partial charge in [0.2, 0.25) is 0 Å². The summed E-state index contributed by atoms with van der Waals surface area (Å²) >= 11 is 0. The van der Waals surface area contributed by atoms with Gasteiger partial charge < -0.3 is 10.1 Å². The Morgan fingerprint density at radius 2 is 2.13 bits per heavy atom. The molecule has 2 nitrogen and oxygen atoms in total. The molecular formula is C13H19NO. The molecule has 2 heteroatoms. The van der Waals surface area contributed by atoms with Crippen molar-refractivity contribution in [2.45, 2.75) is 32.7 Å². The van der Waals surface area contributed by atoms with Crippen molar-refractivity contribution in [1.29, 1.82) is 0 Å². The molecule has 1 N–H and O–H groups in total. The molecule has 2 rings (SSSR count). The van der Waals surface area contributed by atoms with E-state index in [1.54, 1.807) is 7.11 Å². The van der Waals surface area contributed by atoms with E-state index in [0.29, 0.717) is 6.04 Å². The van der Waals surface area contributed by atoms with Crippen molar-refractivity contribution in [2.24, 2.45) is 5.92 Å². The van der Waals surface area contributed by atoms with Crippen molar-refractivity contribution in [3.8, 4) is 5.75 Å². The first-order chi connectivity index (χ1) is 7.20. The zero-order valence-corrected chi connectivity index (χ0v) is 9.71. The Labute approximate surface area is 91.6 Å². The van der Waals surface area contributed by atoms with Gasteiger partial charge in [0.15, 0.2) is 0 Å². The van der Waals surface area contributed by atoms with E-state index >= 15 is 0 Å². The molecule has 0 aliphatic heterocycles. The number of ether oxygens (including phenoxy) is 1. The average Bonchev–Trinajstić information content (AvgIpc) is 3.04. The molecule has 1 fully saturated rings. The van der Waals surface area contributed by atoms with Crippen LogP contribution in [0, 0.1) is 12.8 Å². The summed E-state index contributed by atoms with van der Waals surface area (Å²) in [5.41, 5.74) is 2.48. The van der Waals surface area contributed by atoms with Crippen molar-refractivity contribution in [1.82, 2.24) is 0 Å². The van der Waals surface area contributed by atoms with E-state index in [-0.39, 0.29) is 0 Å². The summed E-state index contributed by atoms with van der Waals surface area (Å²) in [6, 6.07) is 6.78. The molecule has 0 bridgehead atoms. The van der Waals surface area contributed by atoms with Gasteiger partial charge in [-0.2, -0.15) is 0 Å². The van der Waals surface area contributed by atoms with Crippen LogP contribution in [0.15, 0.2) is 18.2 Å². The summed E-state index contributed by atoms with van der Waals surface area (Å²) < 4.78 is 5.19. The van der Waals surface area contributed by atoms with Gasteiger partial charge in [0.05, 0.1) is 7.11 Å². The van der Waals surface area contributed by atoms with Gasteiger partial charge in [0.25, 0.3) is 0 Å². The van der Waals surface area contributed by atoms with E-state index in [2.05, 4.69) is 31.3 Å². The Balaban J connectivity index is 2.07. The number of rotatable bonds is 4. The molecular weight excluding hydrogens is 186 g/mol. The van der Waals surface area contributed by atoms with Gasteiger partial charge >= 0.3 is 0 Å². The van der Waals surface area contributed by atoms with Crippen molar-refractivity contribution in [3.63, 3.8) is 0 Å². The van der Waals surface area contributed by atoms with Crippen molar-refractivity contribution < 1.29 is 4.74 Å². The number of methoxy groups -OCH3 is 1. The molecule has 1 aliphatic carbocycles. The smallest absolute Gasteiger partial charge is 0.119 e. The van der Waals surface area contributed by atoms with Gasteiger partial charge in [-0.3, -0.25) is 0 Å². The van der Waals surface area contributed by atoms with Gasteiger partial charge in [-0.25, -0.2) is 0 Å². The second kappa shape index (κ2) is 4.13. The minimum atomic E-state index is 0.595. The number of aryl methyl sites for hydroxylation is 1. The summed E-state index contributed by atoms with van der Waals surface area (Å²) in [4.78, 5) is 0. The molecule has 0 aromatic heterocycles. The van der Waals surface area contributed by atoms with Crippen LogP contribution >= 0.6 is 0 Å². The number of hydrogen-bond acceptors (Lipinski definition) is 2. The average molecular weight is 205 g/mol. The lowest BCUT2D eigenvalue weighted by Crippen LogP contribution is -2.17. The molecule has 0 spiro atoms. The minimum absolute atomic E-state index is 0.595. The Morgan fingerprint density at radius 3 is 2.67 bits per heavy atom. The zero-order valence-electron chi connectivity index (χ0n) is 9.71. The van der Waals surface area contributed by atoms with E-state index in [0.717, 1.165) is 11.7 Å². The quantitative estimate of drug-likeness (QED) is 0.815. The van der Waals surface area contributed by atoms with Gasteiger partial charge in [-0.15, -0.1) is 0 Å². The maximum absolute atomic E-state index is 5.19. The van der Waals surface area contributed by atoms with E-state index in [1.807, 2.05) is 6.07 Å². The van der Waals surface area contributed by atoms with Crippen molar-refractivity contribution in [2.75, 3.05) is 12.4 Å². The molecule has 0 amide bonds. The van der Waals surface area contributed by atoms with Crippen LogP contribution in [-0.4, -0.2) is 13.2 Å². The molecule has 0 radical (unpaired) electrons. The first kappa shape index (κ1) is 10.3. The largest absolute Gasteiger partial charge is 0.497 e. The van der Waals surface area contributed by atoms with Crippen molar-refractivity contribution >= 4 is 5.69 Å². The van der Waals surface area contributed by atoms with Crippen molar-refractivity contribution in [3.05, 3.63) is 23.8 Å². The molecule has 1 aromatic carbocycles. The Hall–Kier alpha value is -1.18. The molecule has 82 valence electrons. The normalized spacial score (nSPS) is 17.3. The van der Waals surface area contributed by atoms with Gasteiger partial charge in [0, 0.05) is 11.7 Å². The third kappa shape index (κ3) is 2.44. The molecule has 15 heavy (non-hydrogen) atoms. The minimum Gasteiger partial charge on any atom is -0.497 e. The second-order valence-electron chi connectivity index (χ2n) is 4.45. The summed E-state index contributed by atoms with van der Waals surface area (Å²) in [7, 11) is 1.70. The highest BCUT2D eigenvalue weighted by Crippen LogP contribution is 2.34. The predicted octanol–water partition coefficient (Wildman–Crippen LogP) is 3.21. The third-order valence-corrected chi connectivity index (χ3v) is 3.15. The van der Waals surface area contributed by atoms with Crippen LogP contribution < -0.4 is 10.1 Å². The fourth-order valence-corrected chi connectivity index (χ4v) is 1.88. The SMILES string of the molecule is COc1ccc(N[C@H](C)C2CC2)c(C)c1. The fourth-order valence-electron chi connectivity index (χ4n) is 1.88. The molecule has 1 saturated carbocycles. The van der Waals surface area contributed by atoms with Crippen LogP contribution in [0.3, 0.4) is 0 Å². The Kier molecular flexibility index (Phi) is 2.85. The van der Waals surface area contributed by atoms with Gasteiger partial charge in [0.1, 0.15) is 5.75 Å². The Morgan fingerprint density at radius 1 is 1.40 bits per heavy atom. The summed E-state index contributed by atoms with van der Waals surface area (Å²) in [5.74, 6) is 1.81. The van der Waals surface area contributed by atoms with Gasteiger partial charge in [-0.1, -0.05) is 0 Å². The van der Waals surface area contributed by atoms with Crippen LogP contribution in [0.2, 0.25) is 0 Å². The van der Waals surface area contributed by atoms with E-state index < -0.39 is 0 Å². The van der Waals surface area contributed by atoms with Crippen LogP contribution in [0.5, 0.6) is 5.75 Å². The number of benzene rings is 1. The highest BCUT2D eigenvalue weighted by Gasteiger charge is 2.27. The standard InChI is InChI=1S/C13H19NO/c1-9-8-12(15-3)6-7-13(9)14-10(2)11-4-5-11/h6-8,10-11,14H,4-5H2,1-3H3/t10-/m1/s1. The maximum Gasteiger partial charge on any atom is 0.119 e. The summed E-state index contributed by atoms with van der Waals surface area (Å²) in [6.45, 7) is 4.38. The van der Waals surface area contributed by atoms with Crippen LogP contribution in [-0.2, 0) is 0 Å². The maximum atomic E-state index is 5.19. The number of anilines is 1. The predicted molar refractivity (Wildman–Crippen MR) is 63.5 cm³/mol. The van der Waals surface area contributed by atoms with E-state index in [4.69, 9.17) is 4.74 Å². The topological polar surface area (TPSA) is 21.3 Å². The highest BCUT2D eigenvalue weighted by molar-refractivity contribution is 5.54. The fraction of sp³-hybridized carbons (Fsp3) is 0.538. The molecule has 1 atom stereocenters. The summed E-state index contributed by atoms with van der Waals surface area (Å²) in [5, 5.41) is 3.57. The molecule has 1 aliphatic rings.